The Labute approximate surface area is 146 Å². The molecule has 0 aliphatic carbocycles. The molecular weight excluding hydrogens is 373 g/mol. The monoisotopic (exact) mass is 393 g/mol. The van der Waals surface area contributed by atoms with E-state index < -0.39 is 37.8 Å². The molecule has 0 radical (unpaired) electrons. The summed E-state index contributed by atoms with van der Waals surface area (Å²) in [5.41, 5.74) is 0. The Balaban J connectivity index is 2.03. The van der Waals surface area contributed by atoms with E-state index in [2.05, 4.69) is 4.72 Å². The second kappa shape index (κ2) is 7.36. The molecule has 1 N–H and O–H groups in total. The molecule has 0 saturated carbocycles. The number of sulfonamides is 2. The van der Waals surface area contributed by atoms with Crippen molar-refractivity contribution >= 4 is 26.0 Å². The number of carbonyl (C=O) groups is 1. The lowest BCUT2D eigenvalue weighted by Crippen LogP contribution is -2.54. The van der Waals surface area contributed by atoms with Gasteiger partial charge < -0.3 is 4.90 Å². The second-order valence-electron chi connectivity index (χ2n) is 5.80. The van der Waals surface area contributed by atoms with Crippen LogP contribution in [0.2, 0.25) is 0 Å². The molecule has 2 rings (SSSR count). The van der Waals surface area contributed by atoms with E-state index in [0.29, 0.717) is 0 Å². The summed E-state index contributed by atoms with van der Waals surface area (Å²) in [5, 5.41) is 0. The summed E-state index contributed by atoms with van der Waals surface area (Å²) in [6.07, 6.45) is 0.959. The van der Waals surface area contributed by atoms with E-state index in [1.54, 1.807) is 0 Å². The zero-order valence-electron chi connectivity index (χ0n) is 13.8. The Kier molecular flexibility index (Phi) is 5.82. The van der Waals surface area contributed by atoms with Gasteiger partial charge in [0.1, 0.15) is 5.82 Å². The highest BCUT2D eigenvalue weighted by molar-refractivity contribution is 7.89. The molecule has 1 aromatic carbocycles. The van der Waals surface area contributed by atoms with Crippen molar-refractivity contribution in [3.8, 4) is 0 Å². The van der Waals surface area contributed by atoms with E-state index in [4.69, 9.17) is 0 Å². The zero-order chi connectivity index (χ0) is 18.8. The molecule has 11 heteroatoms. The van der Waals surface area contributed by atoms with Gasteiger partial charge in [0.15, 0.2) is 0 Å². The van der Waals surface area contributed by atoms with Crippen LogP contribution in [0.4, 0.5) is 4.39 Å². The Morgan fingerprint density at radius 2 is 1.76 bits per heavy atom. The van der Waals surface area contributed by atoms with E-state index in [0.717, 1.165) is 18.4 Å². The van der Waals surface area contributed by atoms with Crippen LogP contribution in [0.3, 0.4) is 0 Å². The molecule has 1 amide bonds. The molecule has 1 saturated heterocycles. The summed E-state index contributed by atoms with van der Waals surface area (Å²) in [4.78, 5) is 13.5. The minimum absolute atomic E-state index is 0.0518. The number of hydrogen-bond acceptors (Lipinski definition) is 5. The fourth-order valence-electron chi connectivity index (χ4n) is 2.57. The number of rotatable bonds is 5. The molecule has 1 aliphatic rings. The van der Waals surface area contributed by atoms with Crippen LogP contribution in [0, 0.1) is 5.82 Å². The first-order chi connectivity index (χ1) is 11.5. The predicted molar refractivity (Wildman–Crippen MR) is 89.2 cm³/mol. The number of nitrogens with zero attached hydrogens (tertiary/aromatic N) is 2. The third-order valence-corrected chi connectivity index (χ3v) is 6.42. The molecule has 1 heterocycles. The summed E-state index contributed by atoms with van der Waals surface area (Å²) in [7, 11) is -7.36. The second-order valence-corrected chi connectivity index (χ2v) is 9.52. The van der Waals surface area contributed by atoms with Gasteiger partial charge in [0, 0.05) is 26.2 Å². The van der Waals surface area contributed by atoms with Crippen molar-refractivity contribution in [3.05, 3.63) is 30.1 Å². The van der Waals surface area contributed by atoms with Crippen LogP contribution in [-0.4, -0.2) is 70.4 Å². The maximum atomic E-state index is 13.3. The van der Waals surface area contributed by atoms with Crippen LogP contribution < -0.4 is 4.72 Å². The van der Waals surface area contributed by atoms with Crippen LogP contribution in [0.25, 0.3) is 0 Å². The van der Waals surface area contributed by atoms with Gasteiger partial charge in [0.2, 0.25) is 26.0 Å². The lowest BCUT2D eigenvalue weighted by Gasteiger charge is -2.35. The minimum Gasteiger partial charge on any atom is -0.339 e. The van der Waals surface area contributed by atoms with Crippen molar-refractivity contribution in [1.29, 1.82) is 0 Å². The summed E-state index contributed by atoms with van der Waals surface area (Å²) in [6.45, 7) is 1.79. The molecule has 1 atom stereocenters. The van der Waals surface area contributed by atoms with Crippen LogP contribution >= 0.6 is 0 Å². The molecule has 0 bridgehead atoms. The molecule has 8 nitrogen and oxygen atoms in total. The molecule has 0 spiro atoms. The summed E-state index contributed by atoms with van der Waals surface area (Å²) >= 11 is 0. The highest BCUT2D eigenvalue weighted by Crippen LogP contribution is 2.18. The third kappa shape index (κ3) is 4.97. The molecule has 0 unspecified atom stereocenters. The maximum absolute atomic E-state index is 13.3. The van der Waals surface area contributed by atoms with Crippen LogP contribution in [0.1, 0.15) is 6.92 Å². The minimum atomic E-state index is -3.84. The van der Waals surface area contributed by atoms with Crippen molar-refractivity contribution in [2.75, 3.05) is 32.4 Å². The lowest BCUT2D eigenvalue weighted by molar-refractivity contribution is -0.133. The SMILES string of the molecule is C[C@@H](NS(C)(=O)=O)C(=O)N1CCN(S(=O)(=O)c2cccc(F)c2)CC1. The topological polar surface area (TPSA) is 104 Å². The Morgan fingerprint density at radius 3 is 2.28 bits per heavy atom. The number of halogens is 1. The van der Waals surface area contributed by atoms with Crippen molar-refractivity contribution < 1.29 is 26.0 Å². The number of hydrogen-bond donors (Lipinski definition) is 1. The summed E-state index contributed by atoms with van der Waals surface area (Å²) in [5.74, 6) is -1.07. The van der Waals surface area contributed by atoms with Crippen molar-refractivity contribution in [2.45, 2.75) is 17.9 Å². The molecule has 25 heavy (non-hydrogen) atoms. The molecule has 1 fully saturated rings. The van der Waals surface area contributed by atoms with E-state index in [1.165, 1.54) is 28.3 Å². The van der Waals surface area contributed by atoms with Crippen LogP contribution in [0.5, 0.6) is 0 Å². The highest BCUT2D eigenvalue weighted by atomic mass is 32.2. The third-order valence-electron chi connectivity index (χ3n) is 3.75. The largest absolute Gasteiger partial charge is 0.339 e. The van der Waals surface area contributed by atoms with Gasteiger partial charge in [-0.3, -0.25) is 4.79 Å². The van der Waals surface area contributed by atoms with Crippen LogP contribution in [-0.2, 0) is 24.8 Å². The van der Waals surface area contributed by atoms with Crippen molar-refractivity contribution in [2.24, 2.45) is 0 Å². The fourth-order valence-corrected chi connectivity index (χ4v) is 4.77. The van der Waals surface area contributed by atoms with Crippen LogP contribution in [0.15, 0.2) is 29.2 Å². The van der Waals surface area contributed by atoms with Gasteiger partial charge in [-0.05, 0) is 25.1 Å². The Hall–Kier alpha value is -1.56. The van der Waals surface area contributed by atoms with Gasteiger partial charge in [-0.2, -0.15) is 4.31 Å². The Morgan fingerprint density at radius 1 is 1.16 bits per heavy atom. The van der Waals surface area contributed by atoms with Gasteiger partial charge in [-0.1, -0.05) is 6.07 Å². The first-order valence-electron chi connectivity index (χ1n) is 7.52. The van der Waals surface area contributed by atoms with Crippen molar-refractivity contribution in [3.63, 3.8) is 0 Å². The predicted octanol–water partition coefficient (Wildman–Crippen LogP) is -0.404. The van der Waals surface area contributed by atoms with E-state index in [9.17, 15) is 26.0 Å². The van der Waals surface area contributed by atoms with Crippen molar-refractivity contribution in [1.82, 2.24) is 13.9 Å². The van der Waals surface area contributed by atoms with E-state index in [-0.39, 0.29) is 31.1 Å². The lowest BCUT2D eigenvalue weighted by atomic mass is 10.2. The maximum Gasteiger partial charge on any atom is 0.243 e. The highest BCUT2D eigenvalue weighted by Gasteiger charge is 2.32. The molecule has 1 aliphatic heterocycles. The summed E-state index contributed by atoms with van der Waals surface area (Å²) < 4.78 is 64.0. The van der Waals surface area contributed by atoms with E-state index >= 15 is 0 Å². The number of carbonyl (C=O) groups excluding carboxylic acids is 1. The van der Waals surface area contributed by atoms with Gasteiger partial charge in [0.05, 0.1) is 17.2 Å². The fraction of sp³-hybridized carbons (Fsp3) is 0.500. The molecule has 1 aromatic rings. The average Bonchev–Trinajstić information content (AvgIpc) is 2.52. The average molecular weight is 393 g/mol. The smallest absolute Gasteiger partial charge is 0.243 e. The van der Waals surface area contributed by atoms with Gasteiger partial charge in [-0.25, -0.2) is 25.9 Å². The number of nitrogens with one attached hydrogen (secondary N) is 1. The summed E-state index contributed by atoms with van der Waals surface area (Å²) in [6, 6.07) is 3.81. The molecular formula is C14H20FN3O5S2. The van der Waals surface area contributed by atoms with E-state index in [1.807, 2.05) is 0 Å². The van der Waals surface area contributed by atoms with Gasteiger partial charge in [0.25, 0.3) is 0 Å². The van der Waals surface area contributed by atoms with Gasteiger partial charge in [-0.15, -0.1) is 0 Å². The quantitative estimate of drug-likeness (QED) is 0.733. The number of piperazine rings is 1. The first-order valence-corrected chi connectivity index (χ1v) is 10.9. The number of amides is 1. The normalized spacial score (nSPS) is 18.1. The van der Waals surface area contributed by atoms with Gasteiger partial charge >= 0.3 is 0 Å². The first kappa shape index (κ1) is 19.8. The molecule has 0 aromatic heterocycles. The number of benzene rings is 1. The zero-order valence-corrected chi connectivity index (χ0v) is 15.5. The molecule has 140 valence electrons. The Bertz CT molecular complexity index is 849. The standard InChI is InChI=1S/C14H20FN3O5S2/c1-11(16-24(2,20)21)14(19)17-6-8-18(9-7-17)25(22,23)13-5-3-4-12(15)10-13/h3-5,10-11,16H,6-9H2,1-2H3/t11-/m1/s1.